The van der Waals surface area contributed by atoms with Gasteiger partial charge in [-0.25, -0.2) is 0 Å². The Morgan fingerprint density at radius 1 is 1.13 bits per heavy atom. The van der Waals surface area contributed by atoms with Crippen LogP contribution in [0.3, 0.4) is 0 Å². The van der Waals surface area contributed by atoms with E-state index in [9.17, 15) is 9.59 Å². The topological polar surface area (TPSA) is 62.1 Å². The molecule has 2 fully saturated rings. The zero-order valence-corrected chi connectivity index (χ0v) is 8.43. The Morgan fingerprint density at radius 3 is 2.53 bits per heavy atom. The largest absolute Gasteiger partial charge is 0.277 e. The molecule has 1 saturated carbocycles. The van der Waals surface area contributed by atoms with E-state index in [2.05, 4.69) is 10.2 Å². The third kappa shape index (κ3) is 1.15. The van der Waals surface area contributed by atoms with Crippen LogP contribution in [0.4, 0.5) is 0 Å². The molecule has 1 saturated heterocycles. The number of rotatable bonds is 1. The van der Waals surface area contributed by atoms with E-state index in [4.69, 9.17) is 0 Å². The molecule has 2 atom stereocenters. The molecule has 3 aliphatic rings. The lowest BCUT2D eigenvalue weighted by atomic mass is 10.1. The SMILES string of the molecule is O=C1C2CN=NC2C(=O)N1C1CCCC1. The summed E-state index contributed by atoms with van der Waals surface area (Å²) >= 11 is 0. The van der Waals surface area contributed by atoms with Crippen LogP contribution in [0.25, 0.3) is 0 Å². The Hall–Kier alpha value is -1.26. The first kappa shape index (κ1) is 9.00. The van der Waals surface area contributed by atoms with Gasteiger partial charge < -0.3 is 0 Å². The summed E-state index contributed by atoms with van der Waals surface area (Å²) in [6.07, 6.45) is 4.18. The Balaban J connectivity index is 1.87. The van der Waals surface area contributed by atoms with Gasteiger partial charge in [-0.05, 0) is 12.8 Å². The molecule has 0 spiro atoms. The van der Waals surface area contributed by atoms with Gasteiger partial charge in [-0.3, -0.25) is 14.5 Å². The van der Waals surface area contributed by atoms with E-state index in [-0.39, 0.29) is 23.8 Å². The summed E-state index contributed by atoms with van der Waals surface area (Å²) in [5.74, 6) is -0.432. The highest BCUT2D eigenvalue weighted by Crippen LogP contribution is 2.34. The second-order valence-electron chi connectivity index (χ2n) is 4.48. The van der Waals surface area contributed by atoms with E-state index < -0.39 is 6.04 Å². The van der Waals surface area contributed by atoms with Crippen LogP contribution in [0.5, 0.6) is 0 Å². The molecule has 0 aromatic heterocycles. The number of amides is 2. The molecule has 5 nitrogen and oxygen atoms in total. The molecule has 2 amide bonds. The molecular formula is C10H13N3O2. The first-order chi connectivity index (χ1) is 7.29. The first-order valence-electron chi connectivity index (χ1n) is 5.52. The number of carbonyl (C=O) groups excluding carboxylic acids is 2. The van der Waals surface area contributed by atoms with Gasteiger partial charge in [0.2, 0.25) is 5.91 Å². The summed E-state index contributed by atoms with van der Waals surface area (Å²) in [6.45, 7) is 0.401. The molecule has 2 heterocycles. The van der Waals surface area contributed by atoms with Crippen molar-refractivity contribution in [3.63, 3.8) is 0 Å². The first-order valence-corrected chi connectivity index (χ1v) is 5.52. The lowest BCUT2D eigenvalue weighted by Crippen LogP contribution is -2.39. The summed E-state index contributed by atoms with van der Waals surface area (Å²) in [4.78, 5) is 25.4. The van der Waals surface area contributed by atoms with Crippen LogP contribution in [0.1, 0.15) is 25.7 Å². The van der Waals surface area contributed by atoms with Gasteiger partial charge in [-0.1, -0.05) is 12.8 Å². The van der Waals surface area contributed by atoms with Crippen LogP contribution >= 0.6 is 0 Å². The molecule has 0 bridgehead atoms. The molecule has 80 valence electrons. The van der Waals surface area contributed by atoms with Gasteiger partial charge in [0.25, 0.3) is 5.91 Å². The second kappa shape index (κ2) is 3.12. The number of likely N-dealkylation sites (tertiary alicyclic amines) is 1. The summed E-state index contributed by atoms with van der Waals surface area (Å²) in [5.41, 5.74) is 0. The van der Waals surface area contributed by atoms with E-state index in [1.807, 2.05) is 0 Å². The van der Waals surface area contributed by atoms with Crippen molar-refractivity contribution in [3.05, 3.63) is 0 Å². The monoisotopic (exact) mass is 207 g/mol. The van der Waals surface area contributed by atoms with Crippen molar-refractivity contribution in [2.24, 2.45) is 16.1 Å². The smallest absolute Gasteiger partial charge is 0.257 e. The zero-order chi connectivity index (χ0) is 10.4. The van der Waals surface area contributed by atoms with Gasteiger partial charge in [-0.2, -0.15) is 10.2 Å². The molecule has 0 aromatic carbocycles. The molecule has 0 radical (unpaired) electrons. The van der Waals surface area contributed by atoms with Gasteiger partial charge in [0, 0.05) is 6.04 Å². The predicted octanol–water partition coefficient (Wildman–Crippen LogP) is 0.748. The fraction of sp³-hybridized carbons (Fsp3) is 0.800. The van der Waals surface area contributed by atoms with E-state index in [0.29, 0.717) is 6.54 Å². The van der Waals surface area contributed by atoms with E-state index in [1.54, 1.807) is 0 Å². The average molecular weight is 207 g/mol. The highest BCUT2D eigenvalue weighted by Gasteiger charge is 2.52. The van der Waals surface area contributed by atoms with Crippen LogP contribution < -0.4 is 0 Å². The number of nitrogens with zero attached hydrogens (tertiary/aromatic N) is 3. The number of hydrogen-bond donors (Lipinski definition) is 0. The minimum atomic E-state index is -0.488. The van der Waals surface area contributed by atoms with Crippen LogP contribution in [0.15, 0.2) is 10.2 Å². The van der Waals surface area contributed by atoms with Crippen molar-refractivity contribution < 1.29 is 9.59 Å². The van der Waals surface area contributed by atoms with Crippen LogP contribution in [-0.4, -0.2) is 35.3 Å². The molecule has 0 N–H and O–H groups in total. The van der Waals surface area contributed by atoms with Crippen molar-refractivity contribution in [2.75, 3.05) is 6.54 Å². The van der Waals surface area contributed by atoms with E-state index in [1.165, 1.54) is 4.90 Å². The number of hydrogen-bond acceptors (Lipinski definition) is 4. The maximum atomic E-state index is 12.0. The maximum Gasteiger partial charge on any atom is 0.257 e. The third-order valence-electron chi connectivity index (χ3n) is 3.60. The number of azo groups is 1. The average Bonchev–Trinajstić information content (AvgIpc) is 2.89. The van der Waals surface area contributed by atoms with Gasteiger partial charge in [-0.15, -0.1) is 0 Å². The molecule has 0 aromatic rings. The summed E-state index contributed by atoms with van der Waals surface area (Å²) in [7, 11) is 0. The van der Waals surface area contributed by atoms with Crippen LogP contribution in [0, 0.1) is 5.92 Å². The number of imide groups is 1. The Labute approximate surface area is 87.5 Å². The molecule has 15 heavy (non-hydrogen) atoms. The summed E-state index contributed by atoms with van der Waals surface area (Å²) in [5, 5.41) is 7.65. The van der Waals surface area contributed by atoms with E-state index >= 15 is 0 Å². The van der Waals surface area contributed by atoms with Crippen molar-refractivity contribution in [2.45, 2.75) is 37.8 Å². The lowest BCUT2D eigenvalue weighted by molar-refractivity contribution is -0.142. The Kier molecular flexibility index (Phi) is 1.87. The fourth-order valence-corrected chi connectivity index (χ4v) is 2.79. The minimum absolute atomic E-state index is 0.0399. The quantitative estimate of drug-likeness (QED) is 0.595. The number of carbonyl (C=O) groups is 2. The van der Waals surface area contributed by atoms with Gasteiger partial charge in [0.15, 0.2) is 6.04 Å². The highest BCUT2D eigenvalue weighted by atomic mass is 16.2. The standard InChI is InChI=1S/C10H13N3O2/c14-9-7-5-11-12-8(7)10(15)13(9)6-3-1-2-4-6/h6-8H,1-5H2. The van der Waals surface area contributed by atoms with Crippen molar-refractivity contribution in [3.8, 4) is 0 Å². The van der Waals surface area contributed by atoms with Crippen LogP contribution in [0.2, 0.25) is 0 Å². The van der Waals surface area contributed by atoms with Gasteiger partial charge in [0.05, 0.1) is 12.5 Å². The van der Waals surface area contributed by atoms with Crippen molar-refractivity contribution in [1.29, 1.82) is 0 Å². The predicted molar refractivity (Wildman–Crippen MR) is 51.1 cm³/mol. The Bertz CT molecular complexity index is 347. The molecule has 2 aliphatic heterocycles. The maximum absolute atomic E-state index is 12.0. The van der Waals surface area contributed by atoms with Crippen molar-refractivity contribution in [1.82, 2.24) is 4.90 Å². The summed E-state index contributed by atoms with van der Waals surface area (Å²) in [6, 6.07) is -0.344. The minimum Gasteiger partial charge on any atom is -0.277 e. The number of fused-ring (bicyclic) bond motifs is 1. The fourth-order valence-electron chi connectivity index (χ4n) is 2.79. The van der Waals surface area contributed by atoms with Gasteiger partial charge in [0.1, 0.15) is 0 Å². The lowest BCUT2D eigenvalue weighted by Gasteiger charge is -2.21. The zero-order valence-electron chi connectivity index (χ0n) is 8.43. The van der Waals surface area contributed by atoms with Crippen molar-refractivity contribution >= 4 is 11.8 Å². The second-order valence-corrected chi connectivity index (χ2v) is 4.48. The van der Waals surface area contributed by atoms with Crippen LogP contribution in [-0.2, 0) is 9.59 Å². The Morgan fingerprint density at radius 2 is 1.87 bits per heavy atom. The van der Waals surface area contributed by atoms with E-state index in [0.717, 1.165) is 25.7 Å². The molecule has 1 aliphatic carbocycles. The highest BCUT2D eigenvalue weighted by molar-refractivity contribution is 6.07. The molecular weight excluding hydrogens is 194 g/mol. The molecule has 5 heteroatoms. The third-order valence-corrected chi connectivity index (χ3v) is 3.60. The summed E-state index contributed by atoms with van der Waals surface area (Å²) < 4.78 is 0. The normalized spacial score (nSPS) is 35.6. The van der Waals surface area contributed by atoms with Gasteiger partial charge >= 0.3 is 0 Å². The molecule has 2 unspecified atom stereocenters. The molecule has 3 rings (SSSR count).